The van der Waals surface area contributed by atoms with Crippen LogP contribution in [0.2, 0.25) is 0 Å². The molecule has 0 N–H and O–H groups in total. The second-order valence-electron chi connectivity index (χ2n) is 7.27. The molecule has 0 spiro atoms. The van der Waals surface area contributed by atoms with Crippen LogP contribution >= 0.6 is 0 Å². The normalized spacial score (nSPS) is 19.4. The van der Waals surface area contributed by atoms with Crippen LogP contribution in [0.5, 0.6) is 5.75 Å². The molecule has 1 aliphatic rings. The van der Waals surface area contributed by atoms with Gasteiger partial charge in [0.05, 0.1) is 12.0 Å². The molecular formula is C23H26F2O3. The Morgan fingerprint density at radius 1 is 1.04 bits per heavy atom. The van der Waals surface area contributed by atoms with Gasteiger partial charge in [0.25, 0.3) is 0 Å². The topological polar surface area (TPSA) is 35.5 Å². The molecule has 3 rings (SSSR count). The third kappa shape index (κ3) is 5.38. The number of halogens is 2. The Bertz CT molecular complexity index is 781. The minimum Gasteiger partial charge on any atom is -0.426 e. The number of unbranched alkanes of at least 4 members (excludes halogenated alkanes) is 1. The third-order valence-corrected chi connectivity index (χ3v) is 5.17. The van der Waals surface area contributed by atoms with Crippen molar-refractivity contribution in [1.29, 1.82) is 0 Å². The molecule has 3 nitrogen and oxygen atoms in total. The number of rotatable bonds is 7. The summed E-state index contributed by atoms with van der Waals surface area (Å²) in [6.45, 7) is 2.90. The summed E-state index contributed by atoms with van der Waals surface area (Å²) in [4.78, 5) is 12.4. The van der Waals surface area contributed by atoms with Crippen molar-refractivity contribution >= 4 is 5.97 Å². The van der Waals surface area contributed by atoms with Gasteiger partial charge in [0.1, 0.15) is 17.4 Å². The van der Waals surface area contributed by atoms with Crippen molar-refractivity contribution in [3.05, 3.63) is 54.1 Å². The average molecular weight is 388 g/mol. The molecule has 0 heterocycles. The van der Waals surface area contributed by atoms with Crippen molar-refractivity contribution in [3.63, 3.8) is 0 Å². The van der Waals surface area contributed by atoms with Crippen molar-refractivity contribution in [2.24, 2.45) is 5.92 Å². The third-order valence-electron chi connectivity index (χ3n) is 5.17. The van der Waals surface area contributed by atoms with Gasteiger partial charge in [-0.3, -0.25) is 4.79 Å². The molecule has 1 saturated carbocycles. The lowest BCUT2D eigenvalue weighted by Crippen LogP contribution is -2.29. The molecule has 1 aliphatic carbocycles. The van der Waals surface area contributed by atoms with Crippen LogP contribution in [-0.2, 0) is 9.53 Å². The van der Waals surface area contributed by atoms with E-state index in [1.165, 1.54) is 30.3 Å². The van der Waals surface area contributed by atoms with Gasteiger partial charge in [-0.25, -0.2) is 8.78 Å². The van der Waals surface area contributed by atoms with Crippen LogP contribution in [0.3, 0.4) is 0 Å². The smallest absolute Gasteiger partial charge is 0.314 e. The first-order valence-corrected chi connectivity index (χ1v) is 9.95. The largest absolute Gasteiger partial charge is 0.426 e. The molecule has 150 valence electrons. The zero-order valence-corrected chi connectivity index (χ0v) is 16.1. The molecule has 0 saturated heterocycles. The summed E-state index contributed by atoms with van der Waals surface area (Å²) >= 11 is 0. The predicted octanol–water partition coefficient (Wildman–Crippen LogP) is 5.91. The highest BCUT2D eigenvalue weighted by atomic mass is 19.1. The van der Waals surface area contributed by atoms with E-state index in [0.717, 1.165) is 45.1 Å². The Hall–Kier alpha value is -2.27. The maximum absolute atomic E-state index is 14.4. The van der Waals surface area contributed by atoms with E-state index >= 15 is 0 Å². The highest BCUT2D eigenvalue weighted by molar-refractivity contribution is 5.75. The van der Waals surface area contributed by atoms with E-state index in [9.17, 15) is 13.6 Å². The summed E-state index contributed by atoms with van der Waals surface area (Å²) in [5, 5.41) is 0. The Morgan fingerprint density at radius 3 is 2.39 bits per heavy atom. The lowest BCUT2D eigenvalue weighted by molar-refractivity contribution is -0.141. The van der Waals surface area contributed by atoms with Gasteiger partial charge < -0.3 is 9.47 Å². The summed E-state index contributed by atoms with van der Waals surface area (Å²) in [5.41, 5.74) is 0.905. The molecule has 28 heavy (non-hydrogen) atoms. The minimum atomic E-state index is -0.509. The van der Waals surface area contributed by atoms with Gasteiger partial charge >= 0.3 is 5.97 Å². The maximum Gasteiger partial charge on any atom is 0.314 e. The summed E-state index contributed by atoms with van der Waals surface area (Å²) < 4.78 is 38.7. The molecule has 0 bridgehead atoms. The second kappa shape index (κ2) is 9.78. The molecule has 0 aromatic heterocycles. The Labute approximate surface area is 164 Å². The molecule has 0 atom stereocenters. The van der Waals surface area contributed by atoms with Crippen LogP contribution in [-0.4, -0.2) is 18.7 Å². The number of carbonyl (C=O) groups is 1. The van der Waals surface area contributed by atoms with E-state index < -0.39 is 5.82 Å². The summed E-state index contributed by atoms with van der Waals surface area (Å²) in [6, 6.07) is 9.91. The standard InChI is InChI=1S/C23H26F2O3/c1-2-3-14-27-19-10-6-17(7-11-19)23(26)28-20-12-13-21(22(25)15-20)16-4-8-18(24)9-5-16/h4-5,8-9,12-13,15,17,19H,2-3,6-7,10-11,14H2,1H3/t17-,19-. The second-order valence-corrected chi connectivity index (χ2v) is 7.27. The van der Waals surface area contributed by atoms with Crippen molar-refractivity contribution in [2.45, 2.75) is 51.6 Å². The van der Waals surface area contributed by atoms with Crippen LogP contribution < -0.4 is 4.74 Å². The number of ether oxygens (including phenoxy) is 2. The average Bonchev–Trinajstić information content (AvgIpc) is 2.70. The summed E-state index contributed by atoms with van der Waals surface area (Å²) in [6.07, 6.45) is 5.54. The van der Waals surface area contributed by atoms with Gasteiger partial charge in [-0.05, 0) is 61.9 Å². The van der Waals surface area contributed by atoms with Crippen molar-refractivity contribution < 1.29 is 23.0 Å². The first-order valence-electron chi connectivity index (χ1n) is 9.95. The summed E-state index contributed by atoms with van der Waals surface area (Å²) in [5.74, 6) is -1.19. The van der Waals surface area contributed by atoms with Gasteiger partial charge in [-0.1, -0.05) is 25.5 Å². The van der Waals surface area contributed by atoms with Gasteiger partial charge in [0.2, 0.25) is 0 Å². The number of hydrogen-bond acceptors (Lipinski definition) is 3. The lowest BCUT2D eigenvalue weighted by atomic mass is 9.87. The van der Waals surface area contributed by atoms with Gasteiger partial charge in [0.15, 0.2) is 0 Å². The van der Waals surface area contributed by atoms with Gasteiger partial charge in [-0.2, -0.15) is 0 Å². The van der Waals surface area contributed by atoms with E-state index in [-0.39, 0.29) is 29.6 Å². The van der Waals surface area contributed by atoms with E-state index in [1.54, 1.807) is 12.1 Å². The van der Waals surface area contributed by atoms with Crippen molar-refractivity contribution in [3.8, 4) is 16.9 Å². The zero-order valence-electron chi connectivity index (χ0n) is 16.1. The highest BCUT2D eigenvalue weighted by Gasteiger charge is 2.28. The summed E-state index contributed by atoms with van der Waals surface area (Å²) in [7, 11) is 0. The molecule has 0 radical (unpaired) electrons. The first-order chi connectivity index (χ1) is 13.6. The maximum atomic E-state index is 14.4. The van der Waals surface area contributed by atoms with Crippen LogP contribution in [0.4, 0.5) is 8.78 Å². The molecular weight excluding hydrogens is 362 g/mol. The Balaban J connectivity index is 1.55. The fourth-order valence-electron chi connectivity index (χ4n) is 3.48. The monoisotopic (exact) mass is 388 g/mol. The molecule has 0 aliphatic heterocycles. The molecule has 0 amide bonds. The van der Waals surface area contributed by atoms with Crippen molar-refractivity contribution in [2.75, 3.05) is 6.61 Å². The quantitative estimate of drug-likeness (QED) is 0.336. The van der Waals surface area contributed by atoms with Crippen LogP contribution in [0.1, 0.15) is 45.4 Å². The fourth-order valence-corrected chi connectivity index (χ4v) is 3.48. The van der Waals surface area contributed by atoms with Crippen LogP contribution in [0.15, 0.2) is 42.5 Å². The van der Waals surface area contributed by atoms with Crippen LogP contribution in [0.25, 0.3) is 11.1 Å². The van der Waals surface area contributed by atoms with E-state index in [0.29, 0.717) is 11.1 Å². The SMILES string of the molecule is CCCCO[C@H]1CC[C@H](C(=O)Oc2ccc(-c3ccc(F)cc3)c(F)c2)CC1. The number of esters is 1. The molecule has 0 unspecified atom stereocenters. The molecule has 1 fully saturated rings. The highest BCUT2D eigenvalue weighted by Crippen LogP contribution is 2.30. The van der Waals surface area contributed by atoms with E-state index in [1.807, 2.05) is 0 Å². The number of hydrogen-bond donors (Lipinski definition) is 0. The fraction of sp³-hybridized carbons (Fsp3) is 0.435. The van der Waals surface area contributed by atoms with E-state index in [2.05, 4.69) is 6.92 Å². The first kappa shape index (κ1) is 20.5. The van der Waals surface area contributed by atoms with E-state index in [4.69, 9.17) is 9.47 Å². The van der Waals surface area contributed by atoms with Crippen molar-refractivity contribution in [1.82, 2.24) is 0 Å². The number of carbonyl (C=O) groups excluding carboxylic acids is 1. The minimum absolute atomic E-state index is 0.175. The van der Waals surface area contributed by atoms with Gasteiger partial charge in [-0.15, -0.1) is 0 Å². The Kier molecular flexibility index (Phi) is 7.15. The van der Waals surface area contributed by atoms with Crippen LogP contribution in [0, 0.1) is 17.6 Å². The molecule has 5 heteroatoms. The zero-order chi connectivity index (χ0) is 19.9. The Morgan fingerprint density at radius 2 is 1.75 bits per heavy atom. The number of benzene rings is 2. The molecule has 2 aromatic rings. The molecule has 2 aromatic carbocycles. The lowest BCUT2D eigenvalue weighted by Gasteiger charge is -2.27. The predicted molar refractivity (Wildman–Crippen MR) is 104 cm³/mol. The van der Waals surface area contributed by atoms with Gasteiger partial charge in [0, 0.05) is 18.2 Å².